The summed E-state index contributed by atoms with van der Waals surface area (Å²) in [5, 5.41) is 4.39. The molecule has 0 bridgehead atoms. The Kier molecular flexibility index (Phi) is 4.07. The number of hydrogen-bond acceptors (Lipinski definition) is 6. The summed E-state index contributed by atoms with van der Waals surface area (Å²) in [4.78, 5) is 10.9. The molecular weight excluding hydrogens is 346 g/mol. The van der Waals surface area contributed by atoms with Crippen molar-refractivity contribution in [2.75, 3.05) is 31.7 Å². The van der Waals surface area contributed by atoms with Crippen LogP contribution in [-0.2, 0) is 0 Å². The van der Waals surface area contributed by atoms with E-state index < -0.39 is 0 Å². The van der Waals surface area contributed by atoms with Crippen LogP contribution >= 0.6 is 23.5 Å². The largest absolute Gasteiger partial charge is 0.497 e. The molecule has 3 aliphatic heterocycles. The second-order valence-electron chi connectivity index (χ2n) is 5.54. The molecule has 8 heteroatoms. The molecule has 0 aliphatic carbocycles. The van der Waals surface area contributed by atoms with E-state index in [4.69, 9.17) is 16.5 Å². The highest BCUT2D eigenvalue weighted by Crippen LogP contribution is 2.39. The molecule has 0 radical (unpaired) electrons. The fourth-order valence-electron chi connectivity index (χ4n) is 2.98. The van der Waals surface area contributed by atoms with Crippen LogP contribution in [0.1, 0.15) is 5.56 Å². The molecule has 24 heavy (non-hydrogen) atoms. The summed E-state index contributed by atoms with van der Waals surface area (Å²) in [5.74, 6) is 4.37. The quantitative estimate of drug-likeness (QED) is 0.777. The molecule has 0 N–H and O–H groups in total. The Hall–Kier alpha value is -1.83. The molecule has 0 aromatic heterocycles. The van der Waals surface area contributed by atoms with E-state index in [1.807, 2.05) is 42.2 Å². The summed E-state index contributed by atoms with van der Waals surface area (Å²) in [6, 6.07) is 7.91. The molecule has 0 amide bonds. The van der Waals surface area contributed by atoms with Crippen molar-refractivity contribution in [3.05, 3.63) is 35.6 Å². The minimum atomic E-state index is -0.234. The van der Waals surface area contributed by atoms with Gasteiger partial charge in [0.25, 0.3) is 5.82 Å². The third-order valence-corrected chi connectivity index (χ3v) is 5.53. The Balaban J connectivity index is 1.84. The van der Waals surface area contributed by atoms with Crippen molar-refractivity contribution in [3.63, 3.8) is 0 Å². The van der Waals surface area contributed by atoms with E-state index in [1.165, 1.54) is 6.34 Å². The standard InChI is InChI=1S/C16H17ClN5OS/c1-23-13-4-2-12(3-5-13)14-10-18-16-19-11-20-22(16,17)15(14)21-6-8-24-9-7-21/h2-5,10-11H,6-9H2,1H3/q+1. The van der Waals surface area contributed by atoms with Crippen LogP contribution in [0.5, 0.6) is 5.75 Å². The molecule has 1 atom stereocenters. The number of fused-ring (bicyclic) bond motifs is 1. The highest BCUT2D eigenvalue weighted by Gasteiger charge is 2.50. The molecule has 3 heterocycles. The van der Waals surface area contributed by atoms with Gasteiger partial charge >= 0.3 is 5.96 Å². The second kappa shape index (κ2) is 6.23. The van der Waals surface area contributed by atoms with Gasteiger partial charge in [-0.25, -0.2) is 0 Å². The molecule has 1 saturated heterocycles. The van der Waals surface area contributed by atoms with Gasteiger partial charge in [-0.2, -0.15) is 21.7 Å². The molecular formula is C16H17ClN5OS+. The van der Waals surface area contributed by atoms with Crippen LogP contribution in [-0.4, -0.2) is 59.2 Å². The SMILES string of the molecule is COc1ccc(C2=C(N3CCSCC3)[N+]3(Cl)N=CN=C3N=C2)cc1. The maximum atomic E-state index is 6.84. The summed E-state index contributed by atoms with van der Waals surface area (Å²) < 4.78 is 5.02. The number of quaternary nitrogens is 1. The lowest BCUT2D eigenvalue weighted by Crippen LogP contribution is -2.48. The number of hydrogen-bond donors (Lipinski definition) is 0. The van der Waals surface area contributed by atoms with E-state index in [2.05, 4.69) is 20.0 Å². The number of halogens is 1. The highest BCUT2D eigenvalue weighted by molar-refractivity contribution is 7.99. The lowest BCUT2D eigenvalue weighted by Gasteiger charge is -2.35. The smallest absolute Gasteiger partial charge is 0.383 e. The number of guanidine groups is 1. The average Bonchev–Trinajstić information content (AvgIpc) is 3.03. The van der Waals surface area contributed by atoms with Crippen LogP contribution in [0.25, 0.3) is 5.57 Å². The van der Waals surface area contributed by atoms with Crippen LogP contribution in [0, 0.1) is 0 Å². The van der Waals surface area contributed by atoms with Gasteiger partial charge in [0.1, 0.15) is 5.75 Å². The molecule has 6 nitrogen and oxygen atoms in total. The Labute approximate surface area is 149 Å². The molecule has 0 saturated carbocycles. The van der Waals surface area contributed by atoms with Gasteiger partial charge in [0.2, 0.25) is 11.8 Å². The first-order valence-corrected chi connectivity index (χ1v) is 9.19. The van der Waals surface area contributed by atoms with Gasteiger partial charge in [0, 0.05) is 28.7 Å². The Morgan fingerprint density at radius 3 is 2.67 bits per heavy atom. The summed E-state index contributed by atoms with van der Waals surface area (Å²) in [6.45, 7) is 1.87. The number of thioether (sulfide) groups is 1. The van der Waals surface area contributed by atoms with E-state index in [0.717, 1.165) is 47.3 Å². The van der Waals surface area contributed by atoms with Crippen molar-refractivity contribution < 1.29 is 8.85 Å². The predicted octanol–water partition coefficient (Wildman–Crippen LogP) is 2.78. The first-order valence-electron chi connectivity index (χ1n) is 7.69. The maximum Gasteiger partial charge on any atom is 0.383 e. The van der Waals surface area contributed by atoms with E-state index in [9.17, 15) is 0 Å². The zero-order valence-electron chi connectivity index (χ0n) is 13.2. The fraction of sp³-hybridized carbons (Fsp3) is 0.312. The summed E-state index contributed by atoms with van der Waals surface area (Å²) in [7, 11) is 1.66. The molecule has 1 unspecified atom stereocenters. The van der Waals surface area contributed by atoms with Gasteiger partial charge in [-0.1, -0.05) is 12.1 Å². The molecule has 1 aromatic carbocycles. The van der Waals surface area contributed by atoms with Gasteiger partial charge < -0.3 is 9.64 Å². The summed E-state index contributed by atoms with van der Waals surface area (Å²) in [6.07, 6.45) is 3.32. The van der Waals surface area contributed by atoms with Gasteiger partial charge in [-0.05, 0) is 22.8 Å². The Morgan fingerprint density at radius 2 is 1.96 bits per heavy atom. The summed E-state index contributed by atoms with van der Waals surface area (Å²) in [5.41, 5.74) is 2.00. The minimum Gasteiger partial charge on any atom is -0.497 e. The molecule has 124 valence electrons. The predicted molar refractivity (Wildman–Crippen MR) is 99.3 cm³/mol. The third kappa shape index (κ3) is 2.53. The van der Waals surface area contributed by atoms with Crippen LogP contribution in [0.15, 0.2) is 45.2 Å². The second-order valence-corrected chi connectivity index (χ2v) is 7.25. The van der Waals surface area contributed by atoms with Crippen LogP contribution in [0.4, 0.5) is 0 Å². The molecule has 1 aromatic rings. The van der Waals surface area contributed by atoms with Crippen LogP contribution < -0.4 is 4.74 Å². The van der Waals surface area contributed by atoms with E-state index >= 15 is 0 Å². The van der Waals surface area contributed by atoms with Crippen molar-refractivity contribution in [2.24, 2.45) is 15.1 Å². The molecule has 4 rings (SSSR count). The average molecular weight is 363 g/mol. The topological polar surface area (TPSA) is 49.5 Å². The molecule has 3 aliphatic rings. The van der Waals surface area contributed by atoms with Crippen molar-refractivity contribution in [1.82, 2.24) is 4.90 Å². The lowest BCUT2D eigenvalue weighted by atomic mass is 10.1. The molecule has 0 spiro atoms. The lowest BCUT2D eigenvalue weighted by molar-refractivity contribution is -0.692. The number of benzene rings is 1. The normalized spacial score (nSPS) is 25.8. The van der Waals surface area contributed by atoms with E-state index in [-0.39, 0.29) is 4.11 Å². The van der Waals surface area contributed by atoms with E-state index in [0.29, 0.717) is 5.96 Å². The van der Waals surface area contributed by atoms with Crippen molar-refractivity contribution in [2.45, 2.75) is 0 Å². The highest BCUT2D eigenvalue weighted by atomic mass is 35.5. The third-order valence-electron chi connectivity index (χ3n) is 4.19. The minimum absolute atomic E-state index is 0.234. The Bertz CT molecular complexity index is 767. The first kappa shape index (κ1) is 15.7. The fourth-order valence-corrected chi connectivity index (χ4v) is 4.21. The van der Waals surface area contributed by atoms with Gasteiger partial charge in [-0.3, -0.25) is 0 Å². The van der Waals surface area contributed by atoms with Crippen LogP contribution in [0.2, 0.25) is 0 Å². The first-order chi connectivity index (χ1) is 11.7. The number of aliphatic imine (C=N–C) groups is 2. The van der Waals surface area contributed by atoms with Crippen molar-refractivity contribution >= 4 is 47.6 Å². The van der Waals surface area contributed by atoms with Gasteiger partial charge in [-0.15, -0.1) is 0 Å². The number of allylic oxidation sites excluding steroid dienone is 1. The zero-order valence-corrected chi connectivity index (χ0v) is 14.8. The monoisotopic (exact) mass is 362 g/mol. The number of rotatable bonds is 3. The number of nitrogens with zero attached hydrogens (tertiary/aromatic N) is 5. The Morgan fingerprint density at radius 1 is 1.21 bits per heavy atom. The van der Waals surface area contributed by atoms with E-state index in [1.54, 1.807) is 7.11 Å². The van der Waals surface area contributed by atoms with Gasteiger partial charge in [0.15, 0.2) is 6.34 Å². The van der Waals surface area contributed by atoms with Gasteiger partial charge in [0.05, 0.1) is 18.9 Å². The van der Waals surface area contributed by atoms with Crippen molar-refractivity contribution in [1.29, 1.82) is 0 Å². The number of ether oxygens (including phenoxy) is 1. The summed E-state index contributed by atoms with van der Waals surface area (Å²) >= 11 is 8.79. The molecule has 1 fully saturated rings. The van der Waals surface area contributed by atoms with Crippen LogP contribution in [0.3, 0.4) is 0 Å². The zero-order chi connectivity index (χ0) is 16.6. The maximum absolute atomic E-state index is 6.84. The van der Waals surface area contributed by atoms with Crippen molar-refractivity contribution in [3.8, 4) is 5.75 Å². The number of methoxy groups -OCH3 is 1.